The van der Waals surface area contributed by atoms with Gasteiger partial charge in [0.15, 0.2) is 5.82 Å². The minimum Gasteiger partial charge on any atom is -0.355 e. The van der Waals surface area contributed by atoms with Crippen LogP contribution in [0, 0.1) is 23.7 Å². The van der Waals surface area contributed by atoms with E-state index in [4.69, 9.17) is 9.97 Å². The van der Waals surface area contributed by atoms with Crippen molar-refractivity contribution in [1.82, 2.24) is 30.0 Å². The van der Waals surface area contributed by atoms with Crippen molar-refractivity contribution in [1.29, 1.82) is 5.26 Å². The number of carbonyl (C=O) groups is 1. The molecule has 37 heavy (non-hydrogen) atoms. The summed E-state index contributed by atoms with van der Waals surface area (Å²) in [5.41, 5.74) is 4.02. The van der Waals surface area contributed by atoms with Gasteiger partial charge in [-0.2, -0.15) is 15.3 Å². The minimum absolute atomic E-state index is 0.0229. The van der Waals surface area contributed by atoms with Gasteiger partial charge in [0.05, 0.1) is 17.4 Å². The Bertz CT molecular complexity index is 1440. The number of aromatic amines is 1. The zero-order valence-electron chi connectivity index (χ0n) is 21.5. The first-order valence-electron chi connectivity index (χ1n) is 12.7. The number of fused-ring (bicyclic) bond motifs is 1. The number of nitriles is 1. The van der Waals surface area contributed by atoms with E-state index in [0.717, 1.165) is 54.6 Å². The van der Waals surface area contributed by atoms with Crippen molar-refractivity contribution < 1.29 is 4.79 Å². The molecule has 2 aromatic heterocycles. The fourth-order valence-electron chi connectivity index (χ4n) is 5.90. The molecule has 1 spiro atoms. The van der Waals surface area contributed by atoms with Crippen LogP contribution in [0.3, 0.4) is 0 Å². The Morgan fingerprint density at radius 1 is 1.24 bits per heavy atom. The Hall–Kier alpha value is -3.97. The minimum atomic E-state index is -0.0229. The largest absolute Gasteiger partial charge is 0.355 e. The summed E-state index contributed by atoms with van der Waals surface area (Å²) in [6, 6.07) is 6.94. The topological polar surface area (TPSA) is 108 Å². The van der Waals surface area contributed by atoms with Gasteiger partial charge in [0.1, 0.15) is 11.6 Å². The van der Waals surface area contributed by atoms with Crippen molar-refractivity contribution in [2.24, 2.45) is 5.41 Å². The number of amides is 1. The summed E-state index contributed by atoms with van der Waals surface area (Å²) in [6.07, 6.45) is 4.13. The van der Waals surface area contributed by atoms with E-state index in [1.54, 1.807) is 6.20 Å². The molecule has 3 aliphatic heterocycles. The lowest BCUT2D eigenvalue weighted by molar-refractivity contribution is -0.136. The van der Waals surface area contributed by atoms with Gasteiger partial charge in [-0.25, -0.2) is 4.98 Å². The van der Waals surface area contributed by atoms with Crippen molar-refractivity contribution in [3.63, 3.8) is 0 Å². The predicted molar refractivity (Wildman–Crippen MR) is 142 cm³/mol. The number of carbonyl (C=O) groups excluding carboxylic acids is 1. The van der Waals surface area contributed by atoms with E-state index >= 15 is 0 Å². The van der Waals surface area contributed by atoms with Gasteiger partial charge in [0.25, 0.3) is 0 Å². The Kier molecular flexibility index (Phi) is 5.42. The molecular weight excluding hydrogens is 466 g/mol. The maximum Gasteiger partial charge on any atom is 0.245 e. The summed E-state index contributed by atoms with van der Waals surface area (Å²) in [5.74, 6) is 1.31. The molecule has 3 fully saturated rings. The number of hydrogen-bond acceptors (Lipinski definition) is 8. The smallest absolute Gasteiger partial charge is 0.245 e. The second kappa shape index (κ2) is 8.56. The van der Waals surface area contributed by atoms with Crippen LogP contribution in [0.4, 0.5) is 11.8 Å². The van der Waals surface area contributed by atoms with Crippen LogP contribution in [0.5, 0.6) is 0 Å². The summed E-state index contributed by atoms with van der Waals surface area (Å²) in [7, 11) is 4.17. The third-order valence-electron chi connectivity index (χ3n) is 8.21. The fraction of sp³-hybridized carbons (Fsp3) is 0.444. The molecule has 3 aliphatic rings. The molecule has 0 atom stereocenters. The summed E-state index contributed by atoms with van der Waals surface area (Å²) in [4.78, 5) is 30.5. The number of likely N-dealkylation sites (N-methyl/N-ethyl adjacent to an activating group) is 1. The second-order valence-electron chi connectivity index (χ2n) is 10.9. The predicted octanol–water partition coefficient (Wildman–Crippen LogP) is 2.17. The van der Waals surface area contributed by atoms with Crippen LogP contribution >= 0.6 is 0 Å². The maximum absolute atomic E-state index is 12.1. The van der Waals surface area contributed by atoms with Gasteiger partial charge in [0, 0.05) is 61.7 Å². The van der Waals surface area contributed by atoms with E-state index in [1.807, 2.05) is 24.0 Å². The van der Waals surface area contributed by atoms with Crippen LogP contribution in [0.25, 0.3) is 22.2 Å². The van der Waals surface area contributed by atoms with Crippen LogP contribution in [0.15, 0.2) is 31.0 Å². The highest BCUT2D eigenvalue weighted by Gasteiger charge is 2.49. The van der Waals surface area contributed by atoms with Gasteiger partial charge in [-0.15, -0.1) is 0 Å². The number of aromatic nitrogens is 4. The molecule has 3 aromatic rings. The monoisotopic (exact) mass is 497 g/mol. The highest BCUT2D eigenvalue weighted by atomic mass is 16.2. The number of nitrogens with zero attached hydrogens (tertiary/aromatic N) is 8. The molecule has 10 nitrogen and oxygen atoms in total. The Morgan fingerprint density at radius 2 is 2.03 bits per heavy atom. The molecule has 0 bridgehead atoms. The molecule has 6 rings (SSSR count). The van der Waals surface area contributed by atoms with Gasteiger partial charge in [-0.1, -0.05) is 12.6 Å². The van der Waals surface area contributed by atoms with E-state index in [0.29, 0.717) is 42.2 Å². The van der Waals surface area contributed by atoms with Crippen molar-refractivity contribution >= 4 is 28.6 Å². The summed E-state index contributed by atoms with van der Waals surface area (Å²) in [5, 5.41) is 18.7. The summed E-state index contributed by atoms with van der Waals surface area (Å²) in [6.45, 7) is 10.3. The molecule has 10 heteroatoms. The molecule has 0 unspecified atom stereocenters. The number of benzene rings is 1. The highest BCUT2D eigenvalue weighted by molar-refractivity contribution is 5.97. The zero-order valence-corrected chi connectivity index (χ0v) is 21.5. The van der Waals surface area contributed by atoms with E-state index in [9.17, 15) is 10.1 Å². The lowest BCUT2D eigenvalue weighted by Crippen LogP contribution is -2.59. The summed E-state index contributed by atoms with van der Waals surface area (Å²) >= 11 is 0. The zero-order chi connectivity index (χ0) is 25.9. The molecule has 3 saturated heterocycles. The lowest BCUT2D eigenvalue weighted by Gasteiger charge is -2.47. The average Bonchev–Trinajstić information content (AvgIpc) is 3.48. The van der Waals surface area contributed by atoms with Crippen LogP contribution in [-0.2, 0) is 4.79 Å². The normalized spacial score (nSPS) is 18.8. The maximum atomic E-state index is 12.1. The standard InChI is InChI=1S/C27H31N9O/c1-5-22(37)36-15-27(16-36)8-9-34(14-27)25-19(10-28)24(23-17(2)6-7-21-20(23)11-29-32-21)30-26(31-25)35-12-18(13-35)33(3)4/h5-7,11,18H,1,8-9,12-16H2,2-4H3,(H,29,32). The first-order valence-corrected chi connectivity index (χ1v) is 12.7. The van der Waals surface area contributed by atoms with Gasteiger partial charge in [0.2, 0.25) is 11.9 Å². The number of anilines is 2. The van der Waals surface area contributed by atoms with Crippen LogP contribution < -0.4 is 9.80 Å². The van der Waals surface area contributed by atoms with E-state index < -0.39 is 0 Å². The number of nitrogens with one attached hydrogen (secondary N) is 1. The van der Waals surface area contributed by atoms with Gasteiger partial charge in [-0.05, 0) is 45.1 Å². The molecule has 0 radical (unpaired) electrons. The van der Waals surface area contributed by atoms with Gasteiger partial charge in [-0.3, -0.25) is 9.89 Å². The molecule has 0 saturated carbocycles. The number of aryl methyl sites for hydroxylation is 1. The Balaban J connectivity index is 1.43. The summed E-state index contributed by atoms with van der Waals surface area (Å²) < 4.78 is 0. The van der Waals surface area contributed by atoms with Crippen molar-refractivity contribution in [3.05, 3.63) is 42.1 Å². The van der Waals surface area contributed by atoms with Crippen molar-refractivity contribution in [2.45, 2.75) is 19.4 Å². The number of H-pyrrole nitrogens is 1. The number of likely N-dealkylation sites (tertiary alicyclic amines) is 1. The van der Waals surface area contributed by atoms with Crippen molar-refractivity contribution in [3.8, 4) is 17.3 Å². The highest BCUT2D eigenvalue weighted by Crippen LogP contribution is 2.43. The van der Waals surface area contributed by atoms with E-state index in [-0.39, 0.29) is 11.3 Å². The Labute approximate surface area is 216 Å². The van der Waals surface area contributed by atoms with Crippen LogP contribution in [-0.4, -0.2) is 95.3 Å². The third kappa shape index (κ3) is 3.73. The third-order valence-corrected chi connectivity index (χ3v) is 8.21. The first-order chi connectivity index (χ1) is 17.8. The van der Waals surface area contributed by atoms with Gasteiger partial charge >= 0.3 is 0 Å². The van der Waals surface area contributed by atoms with Gasteiger partial charge < -0.3 is 19.6 Å². The Morgan fingerprint density at radius 3 is 2.73 bits per heavy atom. The lowest BCUT2D eigenvalue weighted by atomic mass is 9.79. The van der Waals surface area contributed by atoms with Crippen LogP contribution in [0.1, 0.15) is 17.5 Å². The molecule has 190 valence electrons. The molecule has 5 heterocycles. The number of hydrogen-bond donors (Lipinski definition) is 1. The SMILES string of the molecule is C=CC(=O)N1CC2(CCN(c3nc(N4CC(N(C)C)C4)nc(-c4c(C)ccc5[nH]ncc45)c3C#N)C2)C1. The number of rotatable bonds is 5. The molecule has 0 aliphatic carbocycles. The first kappa shape index (κ1) is 23.4. The molecule has 1 amide bonds. The van der Waals surface area contributed by atoms with E-state index in [1.165, 1.54) is 6.08 Å². The molecular formula is C27H31N9O. The molecule has 1 aromatic carbocycles. The van der Waals surface area contributed by atoms with Crippen molar-refractivity contribution in [2.75, 3.05) is 63.2 Å². The quantitative estimate of drug-likeness (QED) is 0.535. The average molecular weight is 498 g/mol. The second-order valence-corrected chi connectivity index (χ2v) is 10.9. The fourth-order valence-corrected chi connectivity index (χ4v) is 5.90. The van der Waals surface area contributed by atoms with E-state index in [2.05, 4.69) is 51.6 Å². The molecule has 1 N–H and O–H groups in total. The van der Waals surface area contributed by atoms with Crippen LogP contribution in [0.2, 0.25) is 0 Å².